The van der Waals surface area contributed by atoms with Crippen LogP contribution in [0, 0.1) is 5.92 Å². The fraction of sp³-hybridized carbons (Fsp3) is 0.857. The highest BCUT2D eigenvalue weighted by molar-refractivity contribution is 5.67. The average Bonchev–Trinajstić information content (AvgIpc) is 2.05. The van der Waals surface area contributed by atoms with E-state index in [0.29, 0.717) is 0 Å². The van der Waals surface area contributed by atoms with Gasteiger partial charge in [-0.15, -0.1) is 0 Å². The molecule has 0 atom stereocenters. The van der Waals surface area contributed by atoms with Crippen LogP contribution in [0.15, 0.2) is 0 Å². The molecule has 1 fully saturated rings. The van der Waals surface area contributed by atoms with Crippen molar-refractivity contribution in [2.45, 2.75) is 19.8 Å². The predicted molar refractivity (Wildman–Crippen MR) is 40.6 cm³/mol. The second-order valence-corrected chi connectivity index (χ2v) is 3.05. The molecule has 2 N–H and O–H groups in total. The van der Waals surface area contributed by atoms with Gasteiger partial charge in [0.25, 0.3) is 0 Å². The average molecular weight is 158 g/mol. The van der Waals surface area contributed by atoms with Gasteiger partial charge in [-0.25, -0.2) is 4.79 Å². The number of hydrogen-bond donors (Lipinski definition) is 1. The molecule has 0 aromatic carbocycles. The van der Waals surface area contributed by atoms with E-state index in [9.17, 15) is 4.79 Å². The fourth-order valence-electron chi connectivity index (χ4n) is 1.27. The summed E-state index contributed by atoms with van der Waals surface area (Å²) in [5.74, 6) is 5.47. The van der Waals surface area contributed by atoms with E-state index in [4.69, 9.17) is 5.90 Å². The Morgan fingerprint density at radius 2 is 2.09 bits per heavy atom. The quantitative estimate of drug-likeness (QED) is 0.529. The summed E-state index contributed by atoms with van der Waals surface area (Å²) >= 11 is 0. The van der Waals surface area contributed by atoms with Crippen molar-refractivity contribution in [3.05, 3.63) is 0 Å². The molecular formula is C7H14N2O2. The van der Waals surface area contributed by atoms with Crippen LogP contribution in [0.25, 0.3) is 0 Å². The number of piperidine rings is 1. The zero-order chi connectivity index (χ0) is 8.27. The summed E-state index contributed by atoms with van der Waals surface area (Å²) in [6.45, 7) is 3.74. The first-order valence-electron chi connectivity index (χ1n) is 3.89. The first-order chi connectivity index (χ1) is 5.24. The Bertz CT molecular complexity index is 141. The van der Waals surface area contributed by atoms with Crippen LogP contribution >= 0.6 is 0 Å². The third-order valence-electron chi connectivity index (χ3n) is 2.14. The summed E-state index contributed by atoms with van der Waals surface area (Å²) in [5.41, 5.74) is 0. The molecule has 1 rings (SSSR count). The first kappa shape index (κ1) is 8.33. The van der Waals surface area contributed by atoms with Crippen LogP contribution in [0.1, 0.15) is 19.8 Å². The van der Waals surface area contributed by atoms with Crippen LogP contribution in [-0.2, 0) is 4.84 Å². The van der Waals surface area contributed by atoms with Crippen molar-refractivity contribution >= 4 is 6.09 Å². The van der Waals surface area contributed by atoms with Gasteiger partial charge in [-0.05, 0) is 18.8 Å². The number of carbonyl (C=O) groups excluding carboxylic acids is 1. The number of amides is 1. The molecule has 0 saturated carbocycles. The van der Waals surface area contributed by atoms with Gasteiger partial charge in [-0.3, -0.25) is 0 Å². The second-order valence-electron chi connectivity index (χ2n) is 3.05. The van der Waals surface area contributed by atoms with E-state index in [-0.39, 0.29) is 0 Å². The van der Waals surface area contributed by atoms with Crippen LogP contribution < -0.4 is 5.90 Å². The Kier molecular flexibility index (Phi) is 2.70. The molecule has 1 heterocycles. The van der Waals surface area contributed by atoms with E-state index >= 15 is 0 Å². The molecule has 1 amide bonds. The van der Waals surface area contributed by atoms with Gasteiger partial charge in [0.1, 0.15) is 0 Å². The van der Waals surface area contributed by atoms with E-state index in [2.05, 4.69) is 11.8 Å². The molecule has 1 aliphatic rings. The smallest absolute Gasteiger partial charge is 0.357 e. The highest BCUT2D eigenvalue weighted by atomic mass is 16.7. The minimum atomic E-state index is -0.406. The number of likely N-dealkylation sites (tertiary alicyclic amines) is 1. The third kappa shape index (κ3) is 2.08. The Hall–Kier alpha value is -0.770. The maximum absolute atomic E-state index is 10.9. The largest absolute Gasteiger partial charge is 0.428 e. The molecule has 1 saturated heterocycles. The van der Waals surface area contributed by atoms with Crippen LogP contribution in [-0.4, -0.2) is 24.1 Å². The Balaban J connectivity index is 2.33. The SMILES string of the molecule is CC1CCN(C(=O)ON)CC1. The van der Waals surface area contributed by atoms with Crippen molar-refractivity contribution in [3.8, 4) is 0 Å². The number of nitrogens with zero attached hydrogens (tertiary/aromatic N) is 1. The summed E-state index contributed by atoms with van der Waals surface area (Å²) in [6, 6.07) is 0. The lowest BCUT2D eigenvalue weighted by Crippen LogP contribution is -2.39. The zero-order valence-electron chi connectivity index (χ0n) is 6.75. The molecule has 0 spiro atoms. The van der Waals surface area contributed by atoms with Crippen molar-refractivity contribution in [2.75, 3.05) is 13.1 Å². The highest BCUT2D eigenvalue weighted by Gasteiger charge is 2.20. The molecule has 0 unspecified atom stereocenters. The topological polar surface area (TPSA) is 55.6 Å². The number of hydrogen-bond acceptors (Lipinski definition) is 3. The molecule has 0 bridgehead atoms. The van der Waals surface area contributed by atoms with E-state index in [1.54, 1.807) is 4.90 Å². The molecule has 0 aliphatic carbocycles. The van der Waals surface area contributed by atoms with Crippen molar-refractivity contribution in [2.24, 2.45) is 11.8 Å². The monoisotopic (exact) mass is 158 g/mol. The molecule has 0 aromatic heterocycles. The van der Waals surface area contributed by atoms with Crippen molar-refractivity contribution in [3.63, 3.8) is 0 Å². The van der Waals surface area contributed by atoms with Gasteiger partial charge < -0.3 is 9.74 Å². The van der Waals surface area contributed by atoms with Crippen molar-refractivity contribution < 1.29 is 9.63 Å². The van der Waals surface area contributed by atoms with E-state index in [1.807, 2.05) is 0 Å². The van der Waals surface area contributed by atoms with E-state index in [1.165, 1.54) is 0 Å². The van der Waals surface area contributed by atoms with E-state index in [0.717, 1.165) is 31.8 Å². The standard InChI is InChI=1S/C7H14N2O2/c1-6-2-4-9(5-3-6)7(10)11-8/h6H,2-5,8H2,1H3. The fourth-order valence-corrected chi connectivity index (χ4v) is 1.27. The van der Waals surface area contributed by atoms with Gasteiger partial charge >= 0.3 is 6.09 Å². The zero-order valence-corrected chi connectivity index (χ0v) is 6.75. The summed E-state index contributed by atoms with van der Waals surface area (Å²) in [4.78, 5) is 16.6. The molecular weight excluding hydrogens is 144 g/mol. The summed E-state index contributed by atoms with van der Waals surface area (Å²) in [6.07, 6.45) is 1.70. The van der Waals surface area contributed by atoms with Crippen LogP contribution in [0.3, 0.4) is 0 Å². The maximum Gasteiger partial charge on any atom is 0.428 e. The normalized spacial score (nSPS) is 20.0. The lowest BCUT2D eigenvalue weighted by Gasteiger charge is -2.28. The van der Waals surface area contributed by atoms with Crippen molar-refractivity contribution in [1.82, 2.24) is 4.90 Å². The third-order valence-corrected chi connectivity index (χ3v) is 2.14. The molecule has 1 aliphatic heterocycles. The van der Waals surface area contributed by atoms with Gasteiger partial charge in [-0.2, -0.15) is 5.90 Å². The Morgan fingerprint density at radius 3 is 2.55 bits per heavy atom. The number of carbonyl (C=O) groups is 1. The first-order valence-corrected chi connectivity index (χ1v) is 3.89. The van der Waals surface area contributed by atoms with Gasteiger partial charge in [0.05, 0.1) is 0 Å². The molecule has 4 nitrogen and oxygen atoms in total. The van der Waals surface area contributed by atoms with E-state index < -0.39 is 6.09 Å². The van der Waals surface area contributed by atoms with Gasteiger partial charge in [0.2, 0.25) is 0 Å². The second kappa shape index (κ2) is 3.57. The molecule has 4 heteroatoms. The maximum atomic E-state index is 10.9. The number of rotatable bonds is 0. The van der Waals surface area contributed by atoms with Gasteiger partial charge in [0, 0.05) is 13.1 Å². The Labute approximate surface area is 66.3 Å². The van der Waals surface area contributed by atoms with Crippen LogP contribution in [0.5, 0.6) is 0 Å². The Morgan fingerprint density at radius 1 is 1.55 bits per heavy atom. The highest BCUT2D eigenvalue weighted by Crippen LogP contribution is 2.15. The summed E-state index contributed by atoms with van der Waals surface area (Å²) < 4.78 is 0. The molecule has 0 aromatic rings. The van der Waals surface area contributed by atoms with Gasteiger partial charge in [0.15, 0.2) is 0 Å². The predicted octanol–water partition coefficient (Wildman–Crippen LogP) is 0.729. The molecule has 11 heavy (non-hydrogen) atoms. The molecule has 0 radical (unpaired) electrons. The summed E-state index contributed by atoms with van der Waals surface area (Å²) in [5, 5.41) is 0. The summed E-state index contributed by atoms with van der Waals surface area (Å²) in [7, 11) is 0. The van der Waals surface area contributed by atoms with Crippen LogP contribution in [0.2, 0.25) is 0 Å². The minimum absolute atomic E-state index is 0.406. The lowest BCUT2D eigenvalue weighted by atomic mass is 10.00. The number of nitrogens with two attached hydrogens (primary N) is 1. The lowest BCUT2D eigenvalue weighted by molar-refractivity contribution is 0.0896. The molecule has 64 valence electrons. The van der Waals surface area contributed by atoms with Crippen molar-refractivity contribution in [1.29, 1.82) is 0 Å². The van der Waals surface area contributed by atoms with Crippen LogP contribution in [0.4, 0.5) is 4.79 Å². The minimum Gasteiger partial charge on any atom is -0.357 e. The van der Waals surface area contributed by atoms with Gasteiger partial charge in [-0.1, -0.05) is 6.92 Å².